The Morgan fingerprint density at radius 1 is 1.26 bits per heavy atom. The Balaban J connectivity index is 1.44. The molecule has 0 amide bonds. The summed E-state index contributed by atoms with van der Waals surface area (Å²) in [6.45, 7) is 8.24. The first-order chi connectivity index (χ1) is 16.1. The van der Waals surface area contributed by atoms with Crippen LogP contribution >= 0.6 is 0 Å². The molecule has 0 aliphatic heterocycles. The lowest BCUT2D eigenvalue weighted by Gasteiger charge is -2.38. The molecule has 0 radical (unpaired) electrons. The molecule has 7 nitrogen and oxygen atoms in total. The van der Waals surface area contributed by atoms with Gasteiger partial charge < -0.3 is 4.52 Å². The van der Waals surface area contributed by atoms with E-state index in [1.54, 1.807) is 30.3 Å². The van der Waals surface area contributed by atoms with E-state index < -0.39 is 10.0 Å². The van der Waals surface area contributed by atoms with Crippen LogP contribution in [0.2, 0.25) is 0 Å². The second kappa shape index (κ2) is 8.16. The van der Waals surface area contributed by atoms with Crippen LogP contribution in [0.1, 0.15) is 49.4 Å². The van der Waals surface area contributed by atoms with Gasteiger partial charge in [-0.3, -0.25) is 0 Å². The smallest absolute Gasteiger partial charge is 0.248 e. The van der Waals surface area contributed by atoms with E-state index in [0.717, 1.165) is 36.2 Å². The summed E-state index contributed by atoms with van der Waals surface area (Å²) in [5.74, 6) is 0.224. The Kier molecular flexibility index (Phi) is 5.52. The predicted octanol–water partition coefficient (Wildman–Crippen LogP) is 4.68. The zero-order valence-corrected chi connectivity index (χ0v) is 20.7. The lowest BCUT2D eigenvalue weighted by atomic mass is 9.70. The van der Waals surface area contributed by atoms with Crippen molar-refractivity contribution in [1.29, 1.82) is 0 Å². The summed E-state index contributed by atoms with van der Waals surface area (Å²) < 4.78 is 48.9. The molecule has 0 N–H and O–H groups in total. The Labute approximate surface area is 199 Å². The third kappa shape index (κ3) is 3.53. The van der Waals surface area contributed by atoms with Crippen LogP contribution in [0.3, 0.4) is 0 Å². The highest BCUT2D eigenvalue weighted by Crippen LogP contribution is 2.53. The van der Waals surface area contributed by atoms with Gasteiger partial charge in [0.2, 0.25) is 10.0 Å². The van der Waals surface area contributed by atoms with Crippen molar-refractivity contribution in [3.05, 3.63) is 64.6 Å². The summed E-state index contributed by atoms with van der Waals surface area (Å²) in [6, 6.07) is 6.33. The lowest BCUT2D eigenvalue weighted by molar-refractivity contribution is 0.224. The van der Waals surface area contributed by atoms with E-state index >= 15 is 0 Å². The fraction of sp³-hybridized carbons (Fsp3) is 0.440. The van der Waals surface area contributed by atoms with Crippen molar-refractivity contribution in [2.24, 2.45) is 11.3 Å². The summed E-state index contributed by atoms with van der Waals surface area (Å²) in [5.41, 5.74) is 4.53. The number of halogens is 1. The first-order valence-corrected chi connectivity index (χ1v) is 13.1. The van der Waals surface area contributed by atoms with Gasteiger partial charge in [-0.1, -0.05) is 24.6 Å². The maximum absolute atomic E-state index is 13.5. The Morgan fingerprint density at radius 2 is 2.00 bits per heavy atom. The largest absolute Gasteiger partial charge is 0.360 e. The SMILES string of the molecule is CCN(C[C@H]1CCC2=Cc3c(cnn3-c3ccc(F)cc3)C[C@@]21C)S(=O)(=O)c1c(C)noc1C. The number of allylic oxidation sites excluding steroid dienone is 1. The summed E-state index contributed by atoms with van der Waals surface area (Å²) in [5, 5.41) is 8.42. The zero-order chi connectivity index (χ0) is 24.3. The number of aromatic nitrogens is 3. The van der Waals surface area contributed by atoms with Crippen molar-refractivity contribution < 1.29 is 17.3 Å². The standard InChI is InChI=1S/C25H29FN4O3S/c1-5-29(34(31,32)24-16(2)28-33-17(24)3)15-20-7-6-19-12-23-18(13-25(19,20)4)14-27-30(23)22-10-8-21(26)9-11-22/h8-12,14,20H,5-7,13,15H2,1-4H3/t20-,25+/m1/s1. The summed E-state index contributed by atoms with van der Waals surface area (Å²) in [4.78, 5) is 0.180. The van der Waals surface area contributed by atoms with E-state index in [1.165, 1.54) is 17.7 Å². The quantitative estimate of drug-likeness (QED) is 0.507. The summed E-state index contributed by atoms with van der Waals surface area (Å²) >= 11 is 0. The molecule has 0 saturated heterocycles. The van der Waals surface area contributed by atoms with Crippen LogP contribution in [0.25, 0.3) is 11.8 Å². The van der Waals surface area contributed by atoms with E-state index in [-0.39, 0.29) is 22.0 Å². The van der Waals surface area contributed by atoms with Gasteiger partial charge in [0.15, 0.2) is 5.76 Å². The second-order valence-corrected chi connectivity index (χ2v) is 11.4. The van der Waals surface area contributed by atoms with Crippen molar-refractivity contribution >= 4 is 16.1 Å². The number of rotatable bonds is 6. The molecular weight excluding hydrogens is 455 g/mol. The molecule has 0 unspecified atom stereocenters. The van der Waals surface area contributed by atoms with E-state index in [2.05, 4.69) is 23.3 Å². The van der Waals surface area contributed by atoms with Crippen LogP contribution < -0.4 is 0 Å². The van der Waals surface area contributed by atoms with Gasteiger partial charge in [-0.15, -0.1) is 0 Å². The van der Waals surface area contributed by atoms with Gasteiger partial charge >= 0.3 is 0 Å². The molecular formula is C25H29FN4O3S. The molecule has 0 spiro atoms. The molecule has 2 aromatic heterocycles. The number of fused-ring (bicyclic) bond motifs is 2. The van der Waals surface area contributed by atoms with Crippen LogP contribution in [0, 0.1) is 31.0 Å². The third-order valence-corrected chi connectivity index (χ3v) is 9.75. The second-order valence-electron chi connectivity index (χ2n) is 9.55. The fourth-order valence-corrected chi connectivity index (χ4v) is 7.41. The first-order valence-electron chi connectivity index (χ1n) is 11.6. The molecule has 2 heterocycles. The number of benzene rings is 1. The highest BCUT2D eigenvalue weighted by molar-refractivity contribution is 7.89. The van der Waals surface area contributed by atoms with Crippen molar-refractivity contribution in [1.82, 2.24) is 19.2 Å². The van der Waals surface area contributed by atoms with Gasteiger partial charge in [0.1, 0.15) is 16.4 Å². The number of aryl methyl sites for hydroxylation is 2. The molecule has 34 heavy (non-hydrogen) atoms. The van der Waals surface area contributed by atoms with Gasteiger partial charge in [0.05, 0.1) is 17.6 Å². The van der Waals surface area contributed by atoms with E-state index in [1.807, 2.05) is 17.8 Å². The average Bonchev–Trinajstić information content (AvgIpc) is 3.45. The summed E-state index contributed by atoms with van der Waals surface area (Å²) in [6.07, 6.45) is 6.71. The van der Waals surface area contributed by atoms with Gasteiger partial charge in [-0.05, 0) is 80.3 Å². The van der Waals surface area contributed by atoms with Crippen molar-refractivity contribution in [2.45, 2.75) is 51.9 Å². The maximum atomic E-state index is 13.5. The lowest BCUT2D eigenvalue weighted by Crippen LogP contribution is -2.40. The predicted molar refractivity (Wildman–Crippen MR) is 126 cm³/mol. The Morgan fingerprint density at radius 3 is 2.65 bits per heavy atom. The first kappa shape index (κ1) is 23.0. The van der Waals surface area contributed by atoms with E-state index in [4.69, 9.17) is 4.52 Å². The molecule has 2 atom stereocenters. The van der Waals surface area contributed by atoms with Crippen LogP contribution in [0.4, 0.5) is 4.39 Å². The van der Waals surface area contributed by atoms with Gasteiger partial charge in [0, 0.05) is 13.1 Å². The topological polar surface area (TPSA) is 81.2 Å². The molecule has 1 saturated carbocycles. The molecule has 3 aromatic rings. The van der Waals surface area contributed by atoms with Crippen LogP contribution in [-0.4, -0.2) is 40.7 Å². The van der Waals surface area contributed by atoms with Crippen molar-refractivity contribution in [3.63, 3.8) is 0 Å². The molecule has 2 aliphatic rings. The summed E-state index contributed by atoms with van der Waals surface area (Å²) in [7, 11) is -3.71. The maximum Gasteiger partial charge on any atom is 0.248 e. The van der Waals surface area contributed by atoms with Crippen molar-refractivity contribution in [3.8, 4) is 5.69 Å². The van der Waals surface area contributed by atoms with E-state index in [0.29, 0.717) is 24.5 Å². The molecule has 5 rings (SSSR count). The number of hydrogen-bond donors (Lipinski definition) is 0. The Hall–Kier alpha value is -2.78. The van der Waals surface area contributed by atoms with Crippen LogP contribution in [0.15, 0.2) is 45.5 Å². The minimum absolute atomic E-state index is 0.147. The third-order valence-electron chi connectivity index (χ3n) is 7.57. The van der Waals surface area contributed by atoms with Gasteiger partial charge in [-0.25, -0.2) is 17.5 Å². The average molecular weight is 485 g/mol. The molecule has 2 aliphatic carbocycles. The van der Waals surface area contributed by atoms with Crippen LogP contribution in [-0.2, 0) is 16.4 Å². The fourth-order valence-electron chi connectivity index (χ4n) is 5.63. The Bertz CT molecular complexity index is 1350. The number of sulfonamides is 1. The zero-order valence-electron chi connectivity index (χ0n) is 19.9. The minimum Gasteiger partial charge on any atom is -0.360 e. The van der Waals surface area contributed by atoms with Crippen molar-refractivity contribution in [2.75, 3.05) is 13.1 Å². The minimum atomic E-state index is -3.71. The highest BCUT2D eigenvalue weighted by Gasteiger charge is 2.47. The molecule has 180 valence electrons. The molecule has 1 fully saturated rings. The van der Waals surface area contributed by atoms with Gasteiger partial charge in [-0.2, -0.15) is 9.40 Å². The normalized spacial score (nSPS) is 22.1. The molecule has 1 aromatic carbocycles. The van der Waals surface area contributed by atoms with E-state index in [9.17, 15) is 12.8 Å². The monoisotopic (exact) mass is 484 g/mol. The highest BCUT2D eigenvalue weighted by atomic mass is 32.2. The molecule has 0 bridgehead atoms. The van der Waals surface area contributed by atoms with Crippen LogP contribution in [0.5, 0.6) is 0 Å². The number of hydrogen-bond acceptors (Lipinski definition) is 5. The number of nitrogens with zero attached hydrogens (tertiary/aromatic N) is 4. The molecule has 9 heteroatoms. The van der Waals surface area contributed by atoms with Gasteiger partial charge in [0.25, 0.3) is 0 Å².